The van der Waals surface area contributed by atoms with E-state index in [0.717, 1.165) is 0 Å². The minimum atomic E-state index is -4.74. The molecule has 0 saturated heterocycles. The Labute approximate surface area is 142 Å². The zero-order valence-corrected chi connectivity index (χ0v) is 13.6. The number of hydrogen-bond donors (Lipinski definition) is 1. The first-order valence-electron chi connectivity index (χ1n) is 6.81. The molecule has 0 radical (unpaired) electrons. The van der Waals surface area contributed by atoms with Crippen LogP contribution in [0.5, 0.6) is 0 Å². The van der Waals surface area contributed by atoms with Gasteiger partial charge in [0.05, 0.1) is 5.56 Å². The van der Waals surface area contributed by atoms with Crippen LogP contribution in [0.15, 0.2) is 53.3 Å². The summed E-state index contributed by atoms with van der Waals surface area (Å²) in [5, 5.41) is 0.401. The first-order chi connectivity index (χ1) is 11.4. The van der Waals surface area contributed by atoms with E-state index in [9.17, 15) is 18.0 Å². The number of nitrogens with one attached hydrogen (secondary N) is 1. The number of fused-ring (bicyclic) bond motifs is 1. The smallest absolute Gasteiger partial charge is 0.429 e. The van der Waals surface area contributed by atoms with E-state index in [4.69, 9.17) is 4.74 Å². The molecule has 0 spiro atoms. The maximum atomic E-state index is 13.4. The molecule has 3 aromatic rings. The van der Waals surface area contributed by atoms with E-state index in [0.29, 0.717) is 15.5 Å². The van der Waals surface area contributed by atoms with E-state index in [1.807, 2.05) is 0 Å². The van der Waals surface area contributed by atoms with Gasteiger partial charge in [0.15, 0.2) is 0 Å². The highest BCUT2D eigenvalue weighted by Gasteiger charge is 2.44. The van der Waals surface area contributed by atoms with Crippen LogP contribution in [0, 0.1) is 0 Å². The fourth-order valence-electron chi connectivity index (χ4n) is 2.30. The average molecular weight is 399 g/mol. The van der Waals surface area contributed by atoms with E-state index >= 15 is 0 Å². The third kappa shape index (κ3) is 3.28. The van der Waals surface area contributed by atoms with Crippen molar-refractivity contribution in [1.82, 2.24) is 9.97 Å². The molecule has 4 nitrogen and oxygen atoms in total. The number of alkyl halides is 3. The highest BCUT2D eigenvalue weighted by Crippen LogP contribution is 2.37. The molecule has 0 aliphatic carbocycles. The predicted octanol–water partition coefficient (Wildman–Crippen LogP) is 4.79. The van der Waals surface area contributed by atoms with Crippen molar-refractivity contribution in [3.05, 3.63) is 64.4 Å². The van der Waals surface area contributed by atoms with Gasteiger partial charge in [-0.05, 0) is 24.3 Å². The number of ether oxygens (including phenoxy) is 1. The van der Waals surface area contributed by atoms with Gasteiger partial charge in [-0.25, -0.2) is 9.78 Å². The van der Waals surface area contributed by atoms with Gasteiger partial charge in [0.25, 0.3) is 0 Å². The van der Waals surface area contributed by atoms with Gasteiger partial charge in [-0.3, -0.25) is 0 Å². The number of nitrogens with zero attached hydrogens (tertiary/aromatic N) is 1. The molecule has 2 heterocycles. The Bertz CT molecular complexity index is 892. The van der Waals surface area contributed by atoms with E-state index in [1.54, 1.807) is 18.3 Å². The number of halogens is 4. The number of aromatic amines is 1. The lowest BCUT2D eigenvalue weighted by Gasteiger charge is -2.21. The predicted molar refractivity (Wildman–Crippen MR) is 84.4 cm³/mol. The maximum Gasteiger partial charge on any atom is 0.429 e. The Morgan fingerprint density at radius 3 is 2.75 bits per heavy atom. The number of pyridine rings is 1. The van der Waals surface area contributed by atoms with Crippen molar-refractivity contribution < 1.29 is 22.7 Å². The van der Waals surface area contributed by atoms with Crippen LogP contribution in [0.1, 0.15) is 22.0 Å². The second kappa shape index (κ2) is 6.27. The second-order valence-corrected chi connectivity index (χ2v) is 5.90. The zero-order chi connectivity index (χ0) is 17.3. The molecule has 124 valence electrons. The SMILES string of the molecule is O=C(OC(c1cccc(Br)c1)C(F)(F)F)c1ccnc2[nH]ccc12. The fraction of sp³-hybridized carbons (Fsp3) is 0.125. The Morgan fingerprint density at radius 1 is 1.25 bits per heavy atom. The average Bonchev–Trinajstić information content (AvgIpc) is 2.99. The third-order valence-electron chi connectivity index (χ3n) is 3.35. The van der Waals surface area contributed by atoms with Crippen LogP contribution in [0.25, 0.3) is 11.0 Å². The van der Waals surface area contributed by atoms with Crippen LogP contribution in [0.2, 0.25) is 0 Å². The van der Waals surface area contributed by atoms with Crippen LogP contribution in [0.4, 0.5) is 13.2 Å². The molecule has 1 atom stereocenters. The molecule has 1 unspecified atom stereocenters. The van der Waals surface area contributed by atoms with E-state index < -0.39 is 18.2 Å². The van der Waals surface area contributed by atoms with Crippen LogP contribution in [-0.4, -0.2) is 22.1 Å². The summed E-state index contributed by atoms with van der Waals surface area (Å²) in [4.78, 5) is 19.1. The van der Waals surface area contributed by atoms with Gasteiger partial charge in [0.2, 0.25) is 6.10 Å². The van der Waals surface area contributed by atoms with Gasteiger partial charge >= 0.3 is 12.1 Å². The molecule has 0 amide bonds. The van der Waals surface area contributed by atoms with Crippen LogP contribution < -0.4 is 0 Å². The largest absolute Gasteiger partial charge is 0.444 e. The van der Waals surface area contributed by atoms with Gasteiger partial charge in [-0.15, -0.1) is 0 Å². The van der Waals surface area contributed by atoms with Gasteiger partial charge in [0.1, 0.15) is 5.65 Å². The van der Waals surface area contributed by atoms with Gasteiger partial charge in [0, 0.05) is 27.8 Å². The van der Waals surface area contributed by atoms with Crippen LogP contribution in [0.3, 0.4) is 0 Å². The number of carbonyl (C=O) groups excluding carboxylic acids is 1. The molecular formula is C16H10BrF3N2O2. The summed E-state index contributed by atoms with van der Waals surface area (Å²) >= 11 is 3.12. The highest BCUT2D eigenvalue weighted by molar-refractivity contribution is 9.10. The van der Waals surface area contributed by atoms with Crippen molar-refractivity contribution in [3.63, 3.8) is 0 Å². The van der Waals surface area contributed by atoms with Crippen molar-refractivity contribution in [2.45, 2.75) is 12.3 Å². The topological polar surface area (TPSA) is 55.0 Å². The summed E-state index contributed by atoms with van der Waals surface area (Å²) in [5.41, 5.74) is 0.255. The first kappa shape index (κ1) is 16.5. The van der Waals surface area contributed by atoms with E-state index in [1.165, 1.54) is 30.5 Å². The molecular weight excluding hydrogens is 389 g/mol. The van der Waals surface area contributed by atoms with Crippen molar-refractivity contribution in [2.24, 2.45) is 0 Å². The Hall–Kier alpha value is -2.35. The molecule has 0 aliphatic rings. The summed E-state index contributed by atoms with van der Waals surface area (Å²) < 4.78 is 45.3. The van der Waals surface area contributed by atoms with E-state index in [-0.39, 0.29) is 11.1 Å². The Kier molecular flexibility index (Phi) is 4.31. The minimum absolute atomic E-state index is 0.0190. The lowest BCUT2D eigenvalue weighted by Crippen LogP contribution is -2.26. The van der Waals surface area contributed by atoms with Crippen LogP contribution >= 0.6 is 15.9 Å². The number of aromatic nitrogens is 2. The quantitative estimate of drug-likeness (QED) is 0.645. The summed E-state index contributed by atoms with van der Waals surface area (Å²) in [7, 11) is 0. The molecule has 24 heavy (non-hydrogen) atoms. The molecule has 2 aromatic heterocycles. The summed E-state index contributed by atoms with van der Waals surface area (Å²) in [6.07, 6.45) is -4.22. The summed E-state index contributed by atoms with van der Waals surface area (Å²) in [5.74, 6) is -1.07. The second-order valence-electron chi connectivity index (χ2n) is 4.98. The molecule has 0 aliphatic heterocycles. The third-order valence-corrected chi connectivity index (χ3v) is 3.85. The number of H-pyrrole nitrogens is 1. The van der Waals surface area contributed by atoms with Crippen molar-refractivity contribution in [3.8, 4) is 0 Å². The molecule has 0 fully saturated rings. The Morgan fingerprint density at radius 2 is 2.04 bits per heavy atom. The molecule has 0 saturated carbocycles. The summed E-state index contributed by atoms with van der Waals surface area (Å²) in [6, 6.07) is 8.44. The standard InChI is InChI=1S/C16H10BrF3N2O2/c17-10-3-1-2-9(8-10)13(16(18,19)20)24-15(23)12-5-7-22-14-11(12)4-6-21-14/h1-8,13H,(H,21,22). The van der Waals surface area contributed by atoms with E-state index in [2.05, 4.69) is 25.9 Å². The molecule has 1 N–H and O–H groups in total. The zero-order valence-electron chi connectivity index (χ0n) is 12.0. The number of esters is 1. The molecule has 0 bridgehead atoms. The normalized spacial score (nSPS) is 13.0. The fourth-order valence-corrected chi connectivity index (χ4v) is 2.72. The number of carbonyl (C=O) groups is 1. The monoisotopic (exact) mass is 398 g/mol. The number of benzene rings is 1. The number of rotatable bonds is 3. The highest BCUT2D eigenvalue weighted by atomic mass is 79.9. The number of hydrogen-bond acceptors (Lipinski definition) is 3. The minimum Gasteiger partial charge on any atom is -0.444 e. The Balaban J connectivity index is 1.96. The molecule has 1 aromatic carbocycles. The van der Waals surface area contributed by atoms with Crippen molar-refractivity contribution in [2.75, 3.05) is 0 Å². The van der Waals surface area contributed by atoms with Gasteiger partial charge in [-0.1, -0.05) is 28.1 Å². The maximum absolute atomic E-state index is 13.4. The van der Waals surface area contributed by atoms with Gasteiger partial charge < -0.3 is 9.72 Å². The molecule has 8 heteroatoms. The lowest BCUT2D eigenvalue weighted by molar-refractivity contribution is -0.207. The van der Waals surface area contributed by atoms with Crippen LogP contribution in [-0.2, 0) is 4.74 Å². The molecule has 3 rings (SSSR count). The summed E-state index contributed by atoms with van der Waals surface area (Å²) in [6.45, 7) is 0. The first-order valence-corrected chi connectivity index (χ1v) is 7.61. The van der Waals surface area contributed by atoms with Gasteiger partial charge in [-0.2, -0.15) is 13.2 Å². The van der Waals surface area contributed by atoms with Crippen molar-refractivity contribution >= 4 is 32.9 Å². The van der Waals surface area contributed by atoms with Crippen molar-refractivity contribution in [1.29, 1.82) is 0 Å². The lowest BCUT2D eigenvalue weighted by atomic mass is 10.1.